The van der Waals surface area contributed by atoms with E-state index in [1.54, 1.807) is 18.1 Å². The van der Waals surface area contributed by atoms with Gasteiger partial charge in [0.25, 0.3) is 5.91 Å². The van der Waals surface area contributed by atoms with E-state index in [9.17, 15) is 9.59 Å². The highest BCUT2D eigenvalue weighted by atomic mass is 16.5. The second-order valence-corrected chi connectivity index (χ2v) is 6.01. The van der Waals surface area contributed by atoms with Crippen molar-refractivity contribution in [3.63, 3.8) is 0 Å². The van der Waals surface area contributed by atoms with Gasteiger partial charge in [0.2, 0.25) is 5.91 Å². The third-order valence-electron chi connectivity index (χ3n) is 4.31. The van der Waals surface area contributed by atoms with Crippen LogP contribution in [0.5, 0.6) is 0 Å². The molecule has 1 aliphatic heterocycles. The molecule has 25 heavy (non-hydrogen) atoms. The first kappa shape index (κ1) is 17.2. The molecular formula is C18H22N4O3. The summed E-state index contributed by atoms with van der Waals surface area (Å²) >= 11 is 0. The Hall–Kier alpha value is -2.67. The molecule has 1 aromatic carbocycles. The standard InChI is InChI=1S/C18H22N4O3/c1-21-15(23)13-25-17(16(21)14-7-3-2-4-8-14)18(24)19-9-5-11-22-12-6-10-20-22/h2-4,6-8,10,12,16-17H,5,9,11,13H2,1H3,(H,19,24)/t16-,17+/m0/s1. The number of hydrogen-bond acceptors (Lipinski definition) is 4. The number of amides is 2. The number of hydrogen-bond donors (Lipinski definition) is 1. The minimum absolute atomic E-state index is 0.0782. The Bertz CT molecular complexity index is 702. The van der Waals surface area contributed by atoms with Gasteiger partial charge in [-0.2, -0.15) is 5.10 Å². The number of ether oxygens (including phenoxy) is 1. The van der Waals surface area contributed by atoms with Crippen LogP contribution in [0.2, 0.25) is 0 Å². The number of nitrogens with one attached hydrogen (secondary N) is 1. The molecule has 1 aromatic heterocycles. The largest absolute Gasteiger partial charge is 0.356 e. The van der Waals surface area contributed by atoms with E-state index in [2.05, 4.69) is 10.4 Å². The lowest BCUT2D eigenvalue weighted by molar-refractivity contribution is -0.162. The Kier molecular flexibility index (Phi) is 5.45. The third-order valence-corrected chi connectivity index (χ3v) is 4.31. The summed E-state index contributed by atoms with van der Waals surface area (Å²) in [4.78, 5) is 26.2. The van der Waals surface area contributed by atoms with Gasteiger partial charge >= 0.3 is 0 Å². The zero-order valence-corrected chi connectivity index (χ0v) is 14.2. The van der Waals surface area contributed by atoms with Gasteiger partial charge in [-0.15, -0.1) is 0 Å². The molecule has 2 amide bonds. The van der Waals surface area contributed by atoms with Gasteiger partial charge in [-0.1, -0.05) is 30.3 Å². The maximum absolute atomic E-state index is 12.6. The summed E-state index contributed by atoms with van der Waals surface area (Å²) in [5, 5.41) is 7.03. The zero-order valence-electron chi connectivity index (χ0n) is 14.2. The monoisotopic (exact) mass is 342 g/mol. The second-order valence-electron chi connectivity index (χ2n) is 6.01. The fourth-order valence-electron chi connectivity index (χ4n) is 2.97. The van der Waals surface area contributed by atoms with Crippen LogP contribution >= 0.6 is 0 Å². The van der Waals surface area contributed by atoms with E-state index in [-0.39, 0.29) is 18.4 Å². The van der Waals surface area contributed by atoms with Crippen LogP contribution in [-0.2, 0) is 20.9 Å². The maximum atomic E-state index is 12.6. The molecule has 1 saturated heterocycles. The van der Waals surface area contributed by atoms with Gasteiger partial charge in [-0.05, 0) is 18.1 Å². The maximum Gasteiger partial charge on any atom is 0.251 e. The molecule has 1 aliphatic rings. The minimum Gasteiger partial charge on any atom is -0.356 e. The Balaban J connectivity index is 1.61. The lowest BCUT2D eigenvalue weighted by atomic mass is 9.97. The molecule has 7 nitrogen and oxygen atoms in total. The van der Waals surface area contributed by atoms with Gasteiger partial charge in [0.1, 0.15) is 6.61 Å². The highest BCUT2D eigenvalue weighted by Crippen LogP contribution is 2.28. The number of carbonyl (C=O) groups excluding carboxylic acids is 2. The normalized spacial score (nSPS) is 20.5. The van der Waals surface area contributed by atoms with Crippen LogP contribution in [0.1, 0.15) is 18.0 Å². The average Bonchev–Trinajstić information content (AvgIpc) is 3.15. The lowest BCUT2D eigenvalue weighted by Crippen LogP contribution is -2.53. The number of aromatic nitrogens is 2. The SMILES string of the molecule is CN1C(=O)CO[C@@H](C(=O)NCCCn2cccn2)[C@@H]1c1ccccc1. The van der Waals surface area contributed by atoms with Crippen LogP contribution < -0.4 is 5.32 Å². The number of benzene rings is 1. The number of rotatable bonds is 6. The van der Waals surface area contributed by atoms with E-state index in [0.717, 1.165) is 18.5 Å². The summed E-state index contributed by atoms with van der Waals surface area (Å²) in [7, 11) is 1.71. The zero-order chi connectivity index (χ0) is 17.6. The van der Waals surface area contributed by atoms with E-state index in [0.29, 0.717) is 6.54 Å². The van der Waals surface area contributed by atoms with Gasteiger partial charge in [0.15, 0.2) is 6.10 Å². The molecule has 1 fully saturated rings. The molecule has 3 rings (SSSR count). The predicted octanol–water partition coefficient (Wildman–Crippen LogP) is 0.988. The van der Waals surface area contributed by atoms with Gasteiger partial charge in [0, 0.05) is 32.5 Å². The molecule has 0 bridgehead atoms. The van der Waals surface area contributed by atoms with E-state index in [1.165, 1.54) is 0 Å². The molecule has 0 unspecified atom stereocenters. The van der Waals surface area contributed by atoms with Crippen molar-refractivity contribution in [3.8, 4) is 0 Å². The summed E-state index contributed by atoms with van der Waals surface area (Å²) < 4.78 is 7.39. The number of morpholine rings is 1. The first-order chi connectivity index (χ1) is 12.2. The minimum atomic E-state index is -0.713. The number of carbonyl (C=O) groups is 2. The Labute approximate surface area is 146 Å². The smallest absolute Gasteiger partial charge is 0.251 e. The lowest BCUT2D eigenvalue weighted by Gasteiger charge is -2.38. The first-order valence-corrected chi connectivity index (χ1v) is 8.34. The summed E-state index contributed by atoms with van der Waals surface area (Å²) in [5.41, 5.74) is 0.884. The van der Waals surface area contributed by atoms with Crippen molar-refractivity contribution >= 4 is 11.8 Å². The topological polar surface area (TPSA) is 76.5 Å². The molecule has 0 radical (unpaired) electrons. The highest BCUT2D eigenvalue weighted by molar-refractivity contribution is 5.86. The molecule has 2 atom stereocenters. The fourth-order valence-corrected chi connectivity index (χ4v) is 2.97. The van der Waals surface area contributed by atoms with Gasteiger partial charge in [0.05, 0.1) is 6.04 Å². The number of nitrogens with zero attached hydrogens (tertiary/aromatic N) is 3. The van der Waals surface area contributed by atoms with Gasteiger partial charge < -0.3 is 15.0 Å². The van der Waals surface area contributed by atoms with Crippen molar-refractivity contribution in [1.29, 1.82) is 0 Å². The van der Waals surface area contributed by atoms with E-state index in [4.69, 9.17) is 4.74 Å². The van der Waals surface area contributed by atoms with Crippen molar-refractivity contribution in [3.05, 3.63) is 54.4 Å². The highest BCUT2D eigenvalue weighted by Gasteiger charge is 2.39. The molecule has 0 spiro atoms. The number of likely N-dealkylation sites (N-methyl/N-ethyl adjacent to an activating group) is 1. The molecule has 2 aromatic rings. The van der Waals surface area contributed by atoms with Gasteiger partial charge in [-0.25, -0.2) is 0 Å². The van der Waals surface area contributed by atoms with E-state index >= 15 is 0 Å². The summed E-state index contributed by atoms with van der Waals surface area (Å²) in [6.07, 6.45) is 3.67. The van der Waals surface area contributed by atoms with Crippen molar-refractivity contribution in [2.45, 2.75) is 25.1 Å². The van der Waals surface area contributed by atoms with Crippen LogP contribution in [0, 0.1) is 0 Å². The average molecular weight is 342 g/mol. The molecule has 0 aliphatic carbocycles. The van der Waals surface area contributed by atoms with Gasteiger partial charge in [-0.3, -0.25) is 14.3 Å². The van der Waals surface area contributed by atoms with E-state index in [1.807, 2.05) is 47.3 Å². The van der Waals surface area contributed by atoms with Crippen molar-refractivity contribution < 1.29 is 14.3 Å². The molecule has 7 heteroatoms. The van der Waals surface area contributed by atoms with Crippen LogP contribution in [-0.4, -0.2) is 52.8 Å². The predicted molar refractivity (Wildman–Crippen MR) is 91.5 cm³/mol. The molecular weight excluding hydrogens is 320 g/mol. The van der Waals surface area contributed by atoms with Crippen molar-refractivity contribution in [2.75, 3.05) is 20.2 Å². The molecule has 132 valence electrons. The third kappa shape index (κ3) is 4.06. The molecule has 0 saturated carbocycles. The van der Waals surface area contributed by atoms with Crippen LogP contribution in [0.3, 0.4) is 0 Å². The van der Waals surface area contributed by atoms with E-state index < -0.39 is 12.1 Å². The van der Waals surface area contributed by atoms with Crippen LogP contribution in [0.15, 0.2) is 48.8 Å². The first-order valence-electron chi connectivity index (χ1n) is 8.34. The summed E-state index contributed by atoms with van der Waals surface area (Å²) in [6, 6.07) is 10.9. The second kappa shape index (κ2) is 7.94. The van der Waals surface area contributed by atoms with Crippen molar-refractivity contribution in [2.24, 2.45) is 0 Å². The summed E-state index contributed by atoms with van der Waals surface area (Å²) in [6.45, 7) is 1.18. The Morgan fingerprint density at radius 3 is 2.84 bits per heavy atom. The fraction of sp³-hybridized carbons (Fsp3) is 0.389. The number of aryl methyl sites for hydroxylation is 1. The molecule has 2 heterocycles. The van der Waals surface area contributed by atoms with Crippen LogP contribution in [0.25, 0.3) is 0 Å². The Morgan fingerprint density at radius 1 is 1.32 bits per heavy atom. The quantitative estimate of drug-likeness (QED) is 0.794. The van der Waals surface area contributed by atoms with Crippen LogP contribution in [0.4, 0.5) is 0 Å². The Morgan fingerprint density at radius 2 is 2.12 bits per heavy atom. The molecule has 1 N–H and O–H groups in total. The summed E-state index contributed by atoms with van der Waals surface area (Å²) in [5.74, 6) is -0.328. The van der Waals surface area contributed by atoms with Crippen molar-refractivity contribution in [1.82, 2.24) is 20.0 Å².